The number of unbranched alkanes of at least 4 members (excludes halogenated alkanes) is 1. The Morgan fingerprint density at radius 2 is 1.75 bits per heavy atom. The van der Waals surface area contributed by atoms with E-state index in [0.29, 0.717) is 31.6 Å². The molecule has 2 aromatic carbocycles. The fraction of sp³-hybridized carbons (Fsp3) is 0.346. The third-order valence-corrected chi connectivity index (χ3v) is 5.95. The van der Waals surface area contributed by atoms with Crippen LogP contribution in [0.15, 0.2) is 60.8 Å². The van der Waals surface area contributed by atoms with E-state index >= 15 is 0 Å². The molecular formula is C26H30N4O2. The maximum atomic E-state index is 12.8. The lowest BCUT2D eigenvalue weighted by Crippen LogP contribution is -2.49. The van der Waals surface area contributed by atoms with Gasteiger partial charge < -0.3 is 15.1 Å². The van der Waals surface area contributed by atoms with Crippen LogP contribution in [0, 0.1) is 0 Å². The highest BCUT2D eigenvalue weighted by molar-refractivity contribution is 5.94. The van der Waals surface area contributed by atoms with Crippen LogP contribution in [0.25, 0.3) is 10.8 Å². The average molecular weight is 431 g/mol. The zero-order valence-corrected chi connectivity index (χ0v) is 18.6. The van der Waals surface area contributed by atoms with Gasteiger partial charge in [0.1, 0.15) is 5.82 Å². The lowest BCUT2D eigenvalue weighted by atomic mass is 10.0. The summed E-state index contributed by atoms with van der Waals surface area (Å²) >= 11 is 0. The second-order valence-corrected chi connectivity index (χ2v) is 8.24. The van der Waals surface area contributed by atoms with Crippen LogP contribution < -0.4 is 10.2 Å². The average Bonchev–Trinajstić information content (AvgIpc) is 2.84. The predicted octanol–water partition coefficient (Wildman–Crippen LogP) is 3.66. The van der Waals surface area contributed by atoms with E-state index in [0.717, 1.165) is 42.7 Å². The van der Waals surface area contributed by atoms with Crippen molar-refractivity contribution in [2.75, 3.05) is 37.6 Å². The van der Waals surface area contributed by atoms with Gasteiger partial charge in [-0.25, -0.2) is 4.98 Å². The fourth-order valence-corrected chi connectivity index (χ4v) is 4.01. The van der Waals surface area contributed by atoms with Gasteiger partial charge in [0, 0.05) is 38.9 Å². The molecule has 1 aromatic heterocycles. The van der Waals surface area contributed by atoms with Gasteiger partial charge in [0.25, 0.3) is 5.91 Å². The van der Waals surface area contributed by atoms with Crippen LogP contribution in [-0.2, 0) is 11.2 Å². The number of nitrogens with zero attached hydrogens (tertiary/aromatic N) is 3. The smallest absolute Gasteiger partial charge is 0.252 e. The minimum atomic E-state index is -0.0818. The molecule has 1 aliphatic rings. The third-order valence-electron chi connectivity index (χ3n) is 5.95. The van der Waals surface area contributed by atoms with Crippen LogP contribution in [0.5, 0.6) is 0 Å². The molecule has 6 heteroatoms. The number of nitrogens with one attached hydrogen (secondary N) is 1. The van der Waals surface area contributed by atoms with Gasteiger partial charge in [0.15, 0.2) is 0 Å². The number of pyridine rings is 1. The summed E-state index contributed by atoms with van der Waals surface area (Å²) in [5, 5.41) is 5.26. The number of aromatic nitrogens is 1. The number of amides is 2. The Morgan fingerprint density at radius 1 is 0.969 bits per heavy atom. The highest BCUT2D eigenvalue weighted by atomic mass is 16.2. The zero-order valence-electron chi connectivity index (χ0n) is 18.6. The molecule has 2 heterocycles. The first-order valence-electron chi connectivity index (χ1n) is 11.4. The van der Waals surface area contributed by atoms with Crippen molar-refractivity contribution >= 4 is 28.4 Å². The summed E-state index contributed by atoms with van der Waals surface area (Å²) in [5.41, 5.74) is 1.62. The molecule has 0 aliphatic carbocycles. The lowest BCUT2D eigenvalue weighted by molar-refractivity contribution is -0.130. The van der Waals surface area contributed by atoms with Gasteiger partial charge in [0.05, 0.1) is 12.0 Å². The largest absolute Gasteiger partial charge is 0.353 e. The van der Waals surface area contributed by atoms with Crippen molar-refractivity contribution in [3.05, 3.63) is 71.9 Å². The standard InChI is InChI=1S/C26H30N4O2/c1-2-3-12-27-26(32)23-10-11-24(28-19-23)29-13-15-30(16-14-29)25(31)18-20-8-9-21-6-4-5-7-22(21)17-20/h4-11,17,19H,2-3,12-16,18H2,1H3,(H,27,32). The highest BCUT2D eigenvalue weighted by Gasteiger charge is 2.22. The van der Waals surface area contributed by atoms with Crippen molar-refractivity contribution in [3.8, 4) is 0 Å². The molecule has 2 amide bonds. The summed E-state index contributed by atoms with van der Waals surface area (Å²) in [6.45, 7) is 5.60. The summed E-state index contributed by atoms with van der Waals surface area (Å²) in [7, 11) is 0. The number of anilines is 1. The van der Waals surface area contributed by atoms with Gasteiger partial charge in [-0.05, 0) is 34.9 Å². The molecule has 1 aliphatic heterocycles. The van der Waals surface area contributed by atoms with Gasteiger partial charge in [-0.2, -0.15) is 0 Å². The Balaban J connectivity index is 1.29. The molecule has 0 atom stereocenters. The molecule has 32 heavy (non-hydrogen) atoms. The van der Waals surface area contributed by atoms with Crippen molar-refractivity contribution in [1.29, 1.82) is 0 Å². The topological polar surface area (TPSA) is 65.5 Å². The number of piperazine rings is 1. The molecule has 0 saturated carbocycles. The summed E-state index contributed by atoms with van der Waals surface area (Å²) in [6, 6.07) is 18.1. The normalized spacial score (nSPS) is 13.9. The van der Waals surface area contributed by atoms with Crippen molar-refractivity contribution in [2.45, 2.75) is 26.2 Å². The number of carbonyl (C=O) groups is 2. The molecule has 166 valence electrons. The van der Waals surface area contributed by atoms with E-state index in [1.807, 2.05) is 35.2 Å². The minimum Gasteiger partial charge on any atom is -0.353 e. The molecule has 0 bridgehead atoms. The van der Waals surface area contributed by atoms with E-state index in [2.05, 4.69) is 46.4 Å². The second-order valence-electron chi connectivity index (χ2n) is 8.24. The zero-order chi connectivity index (χ0) is 22.3. The maximum Gasteiger partial charge on any atom is 0.252 e. The molecule has 4 rings (SSSR count). The Hall–Kier alpha value is -3.41. The number of carbonyl (C=O) groups excluding carboxylic acids is 2. The van der Waals surface area contributed by atoms with Crippen LogP contribution >= 0.6 is 0 Å². The van der Waals surface area contributed by atoms with Crippen LogP contribution in [-0.4, -0.2) is 54.4 Å². The van der Waals surface area contributed by atoms with Gasteiger partial charge in [-0.1, -0.05) is 55.8 Å². The fourth-order valence-electron chi connectivity index (χ4n) is 4.01. The van der Waals surface area contributed by atoms with Crippen LogP contribution in [0.2, 0.25) is 0 Å². The molecular weight excluding hydrogens is 400 g/mol. The van der Waals surface area contributed by atoms with E-state index in [9.17, 15) is 9.59 Å². The SMILES string of the molecule is CCCCNC(=O)c1ccc(N2CCN(C(=O)Cc3ccc4ccccc4c3)CC2)nc1. The van der Waals surface area contributed by atoms with Gasteiger partial charge >= 0.3 is 0 Å². The monoisotopic (exact) mass is 430 g/mol. The number of hydrogen-bond donors (Lipinski definition) is 1. The van der Waals surface area contributed by atoms with Crippen molar-refractivity contribution in [3.63, 3.8) is 0 Å². The summed E-state index contributed by atoms with van der Waals surface area (Å²) in [4.78, 5) is 33.5. The van der Waals surface area contributed by atoms with Crippen LogP contribution in [0.3, 0.4) is 0 Å². The second kappa shape index (κ2) is 10.3. The van der Waals surface area contributed by atoms with Crippen molar-refractivity contribution in [1.82, 2.24) is 15.2 Å². The summed E-state index contributed by atoms with van der Waals surface area (Å²) in [5.74, 6) is 0.922. The Morgan fingerprint density at radius 3 is 2.47 bits per heavy atom. The molecule has 0 spiro atoms. The Labute approximate surface area is 189 Å². The summed E-state index contributed by atoms with van der Waals surface area (Å²) in [6.07, 6.45) is 4.08. The summed E-state index contributed by atoms with van der Waals surface area (Å²) < 4.78 is 0. The first kappa shape index (κ1) is 21.8. The first-order chi connectivity index (χ1) is 15.6. The van der Waals surface area contributed by atoms with Gasteiger partial charge in [-0.15, -0.1) is 0 Å². The van der Waals surface area contributed by atoms with Crippen LogP contribution in [0.4, 0.5) is 5.82 Å². The number of fused-ring (bicyclic) bond motifs is 1. The Kier molecular flexibility index (Phi) is 7.00. The highest BCUT2D eigenvalue weighted by Crippen LogP contribution is 2.18. The maximum absolute atomic E-state index is 12.8. The third kappa shape index (κ3) is 5.25. The molecule has 3 aromatic rings. The van der Waals surface area contributed by atoms with Crippen molar-refractivity contribution < 1.29 is 9.59 Å². The van der Waals surface area contributed by atoms with E-state index in [-0.39, 0.29) is 11.8 Å². The van der Waals surface area contributed by atoms with Crippen LogP contribution in [0.1, 0.15) is 35.7 Å². The molecule has 1 N–H and O–H groups in total. The van der Waals surface area contributed by atoms with Crippen molar-refractivity contribution in [2.24, 2.45) is 0 Å². The Bertz CT molecular complexity index is 1070. The quantitative estimate of drug-likeness (QED) is 0.581. The molecule has 1 saturated heterocycles. The molecule has 0 radical (unpaired) electrons. The molecule has 0 unspecified atom stereocenters. The number of benzene rings is 2. The molecule has 6 nitrogen and oxygen atoms in total. The van der Waals surface area contributed by atoms with E-state index in [1.165, 1.54) is 5.39 Å². The van der Waals surface area contributed by atoms with Gasteiger partial charge in [0.2, 0.25) is 5.91 Å². The minimum absolute atomic E-state index is 0.0818. The molecule has 1 fully saturated rings. The van der Waals surface area contributed by atoms with E-state index in [4.69, 9.17) is 0 Å². The number of hydrogen-bond acceptors (Lipinski definition) is 4. The van der Waals surface area contributed by atoms with E-state index in [1.54, 1.807) is 6.20 Å². The van der Waals surface area contributed by atoms with Gasteiger partial charge in [-0.3, -0.25) is 9.59 Å². The lowest BCUT2D eigenvalue weighted by Gasteiger charge is -2.35. The first-order valence-corrected chi connectivity index (χ1v) is 11.4. The van der Waals surface area contributed by atoms with E-state index < -0.39 is 0 Å². The predicted molar refractivity (Wildman–Crippen MR) is 128 cm³/mol. The number of rotatable bonds is 7.